The van der Waals surface area contributed by atoms with E-state index in [1.54, 1.807) is 17.0 Å². The number of carbonyl (C=O) groups is 2. The van der Waals surface area contributed by atoms with Gasteiger partial charge >= 0.3 is 5.97 Å². The molecule has 1 aromatic heterocycles. The van der Waals surface area contributed by atoms with E-state index in [1.165, 1.54) is 30.6 Å². The van der Waals surface area contributed by atoms with Crippen LogP contribution in [0.15, 0.2) is 46.9 Å². The Labute approximate surface area is 207 Å². The number of allylic oxidation sites excluding steroid dienone is 3. The molecule has 1 atom stereocenters. The molecule has 2 aliphatic carbocycles. The summed E-state index contributed by atoms with van der Waals surface area (Å²) in [5.74, 6) is -1.34. The number of anilines is 1. The number of hydrogen-bond donors (Lipinski definition) is 1. The smallest absolute Gasteiger partial charge is 0.341 e. The molecule has 5 rings (SSSR count). The van der Waals surface area contributed by atoms with Crippen molar-refractivity contribution < 1.29 is 18.7 Å². The molecule has 2 heterocycles. The molecule has 0 radical (unpaired) electrons. The number of ether oxygens (including phenoxy) is 1. The molecule has 0 spiro atoms. The first-order valence-electron chi connectivity index (χ1n) is 11.9. The Balaban J connectivity index is 1.76. The number of nitrogens with zero attached hydrogens (tertiary/aromatic N) is 2. The largest absolute Gasteiger partial charge is 0.465 e. The fraction of sp³-hybridized carbons (Fsp3) is 0.370. The molecule has 6 nitrogen and oxygen atoms in total. The van der Waals surface area contributed by atoms with E-state index in [9.17, 15) is 19.2 Å². The summed E-state index contributed by atoms with van der Waals surface area (Å²) in [7, 11) is 1.36. The molecule has 1 aromatic carbocycles. The van der Waals surface area contributed by atoms with Crippen molar-refractivity contribution >= 4 is 28.1 Å². The van der Waals surface area contributed by atoms with Crippen LogP contribution in [0.2, 0.25) is 0 Å². The molecule has 180 valence electrons. The number of ketones is 1. The highest BCUT2D eigenvalue weighted by Crippen LogP contribution is 2.50. The number of fused-ring (bicyclic) bond motifs is 1. The lowest BCUT2D eigenvalue weighted by atomic mass is 9.75. The molecular formula is C27H26FN3O3S. The molecule has 8 heteroatoms. The maximum absolute atomic E-state index is 13.7. The van der Waals surface area contributed by atoms with Crippen molar-refractivity contribution in [1.82, 2.24) is 0 Å². The minimum absolute atomic E-state index is 0.0523. The Morgan fingerprint density at radius 3 is 2.60 bits per heavy atom. The van der Waals surface area contributed by atoms with Gasteiger partial charge in [-0.3, -0.25) is 9.69 Å². The van der Waals surface area contributed by atoms with Crippen LogP contribution in [0.5, 0.6) is 0 Å². The molecule has 0 saturated carbocycles. The molecule has 2 aromatic rings. The molecule has 1 aliphatic heterocycles. The Kier molecular flexibility index (Phi) is 6.20. The Hall–Kier alpha value is -3.44. The van der Waals surface area contributed by atoms with Gasteiger partial charge in [-0.05, 0) is 61.8 Å². The van der Waals surface area contributed by atoms with Gasteiger partial charge in [0.15, 0.2) is 5.78 Å². The normalized spacial score (nSPS) is 20.2. The summed E-state index contributed by atoms with van der Waals surface area (Å²) in [6.07, 6.45) is 6.39. The molecule has 1 unspecified atom stereocenters. The van der Waals surface area contributed by atoms with E-state index in [-0.39, 0.29) is 17.2 Å². The van der Waals surface area contributed by atoms with Crippen molar-refractivity contribution in [2.75, 3.05) is 12.0 Å². The lowest BCUT2D eigenvalue weighted by molar-refractivity contribution is -0.116. The van der Waals surface area contributed by atoms with Gasteiger partial charge in [-0.25, -0.2) is 9.18 Å². The lowest BCUT2D eigenvalue weighted by Crippen LogP contribution is -2.39. The highest BCUT2D eigenvalue weighted by atomic mass is 32.1. The van der Waals surface area contributed by atoms with Crippen molar-refractivity contribution in [1.29, 1.82) is 5.26 Å². The average molecular weight is 492 g/mol. The summed E-state index contributed by atoms with van der Waals surface area (Å²) >= 11 is 1.50. The van der Waals surface area contributed by atoms with Gasteiger partial charge in [-0.1, -0.05) is 18.6 Å². The first-order chi connectivity index (χ1) is 17.0. The number of carbonyl (C=O) groups excluding carboxylic acids is 2. The zero-order chi connectivity index (χ0) is 24.7. The number of Topliss-reactive ketones (excluding diaryl/α,β-unsaturated/α-hetero) is 1. The van der Waals surface area contributed by atoms with Crippen LogP contribution in [-0.2, 0) is 22.4 Å². The summed E-state index contributed by atoms with van der Waals surface area (Å²) < 4.78 is 18.8. The fourth-order valence-electron chi connectivity index (χ4n) is 5.51. The highest BCUT2D eigenvalue weighted by molar-refractivity contribution is 7.16. The average Bonchev–Trinajstić information content (AvgIpc) is 3.05. The number of nitrogens with two attached hydrogens (primary N) is 1. The van der Waals surface area contributed by atoms with Gasteiger partial charge in [0, 0.05) is 22.6 Å². The summed E-state index contributed by atoms with van der Waals surface area (Å²) in [6.45, 7) is 0. The van der Waals surface area contributed by atoms with Crippen LogP contribution in [0.25, 0.3) is 0 Å². The minimum Gasteiger partial charge on any atom is -0.465 e. The van der Waals surface area contributed by atoms with E-state index in [0.717, 1.165) is 42.5 Å². The highest BCUT2D eigenvalue weighted by Gasteiger charge is 2.42. The van der Waals surface area contributed by atoms with Crippen LogP contribution in [0.1, 0.15) is 70.8 Å². The third-order valence-electron chi connectivity index (χ3n) is 7.11. The molecular weight excluding hydrogens is 465 g/mol. The van der Waals surface area contributed by atoms with Crippen LogP contribution in [0, 0.1) is 17.1 Å². The van der Waals surface area contributed by atoms with Crippen LogP contribution in [-0.4, -0.2) is 18.9 Å². The number of aryl methyl sites for hydroxylation is 1. The predicted octanol–water partition coefficient (Wildman–Crippen LogP) is 5.25. The van der Waals surface area contributed by atoms with Gasteiger partial charge in [0.1, 0.15) is 16.6 Å². The zero-order valence-corrected chi connectivity index (χ0v) is 20.3. The molecule has 0 fully saturated rings. The first kappa shape index (κ1) is 23.3. The van der Waals surface area contributed by atoms with E-state index in [4.69, 9.17) is 10.5 Å². The second-order valence-electron chi connectivity index (χ2n) is 9.10. The van der Waals surface area contributed by atoms with Gasteiger partial charge in [-0.15, -0.1) is 11.3 Å². The Bertz CT molecular complexity index is 1320. The maximum Gasteiger partial charge on any atom is 0.341 e. The fourth-order valence-corrected chi connectivity index (χ4v) is 6.92. The number of hydrogen-bond acceptors (Lipinski definition) is 7. The van der Waals surface area contributed by atoms with Crippen molar-refractivity contribution in [3.8, 4) is 6.07 Å². The van der Waals surface area contributed by atoms with Crippen LogP contribution >= 0.6 is 11.3 Å². The number of nitriles is 1. The number of methoxy groups -OCH3 is 1. The summed E-state index contributed by atoms with van der Waals surface area (Å²) in [4.78, 5) is 29.3. The summed E-state index contributed by atoms with van der Waals surface area (Å²) in [5, 5.41) is 10.8. The van der Waals surface area contributed by atoms with E-state index in [0.29, 0.717) is 46.7 Å². The van der Waals surface area contributed by atoms with E-state index >= 15 is 0 Å². The Morgan fingerprint density at radius 2 is 1.89 bits per heavy atom. The Morgan fingerprint density at radius 1 is 1.14 bits per heavy atom. The predicted molar refractivity (Wildman–Crippen MR) is 131 cm³/mol. The zero-order valence-electron chi connectivity index (χ0n) is 19.5. The third kappa shape index (κ3) is 3.84. The topological polar surface area (TPSA) is 96.4 Å². The molecule has 0 amide bonds. The van der Waals surface area contributed by atoms with Gasteiger partial charge in [0.2, 0.25) is 0 Å². The van der Waals surface area contributed by atoms with Gasteiger partial charge < -0.3 is 10.5 Å². The molecule has 35 heavy (non-hydrogen) atoms. The molecule has 0 bridgehead atoms. The number of esters is 1. The van der Waals surface area contributed by atoms with Crippen molar-refractivity contribution in [3.63, 3.8) is 0 Å². The third-order valence-corrected chi connectivity index (χ3v) is 8.39. The second-order valence-corrected chi connectivity index (χ2v) is 10.2. The molecule has 0 saturated heterocycles. The van der Waals surface area contributed by atoms with E-state index in [2.05, 4.69) is 6.07 Å². The quantitative estimate of drug-likeness (QED) is 0.465. The monoisotopic (exact) mass is 491 g/mol. The number of rotatable bonds is 3. The first-order valence-corrected chi connectivity index (χ1v) is 12.7. The standard InChI is InChI=1S/C27H26FN3O3S/c1-34-27(33)23-17-6-3-2-4-9-21(17)35-26(23)31-19-7-5-8-20(32)24(19)22(18(14-29)25(31)30)15-10-12-16(28)13-11-15/h10-13,22H,2-9,30H2,1H3. The van der Waals surface area contributed by atoms with Gasteiger partial charge in [0.25, 0.3) is 0 Å². The SMILES string of the molecule is COC(=O)c1c(N2C(N)=C(C#N)C(c3ccc(F)cc3)C3=C2CCCC3=O)sc2c1CCCCC2. The summed E-state index contributed by atoms with van der Waals surface area (Å²) in [6, 6.07) is 8.07. The number of thiophene rings is 1. The number of benzene rings is 1. The van der Waals surface area contributed by atoms with Crippen LogP contribution < -0.4 is 10.6 Å². The van der Waals surface area contributed by atoms with Crippen molar-refractivity contribution in [3.05, 3.63) is 74.3 Å². The van der Waals surface area contributed by atoms with Gasteiger partial charge in [-0.2, -0.15) is 5.26 Å². The van der Waals surface area contributed by atoms with Crippen molar-refractivity contribution in [2.24, 2.45) is 5.73 Å². The lowest BCUT2D eigenvalue weighted by Gasteiger charge is -2.39. The number of halogens is 1. The van der Waals surface area contributed by atoms with E-state index < -0.39 is 17.7 Å². The molecule has 3 aliphatic rings. The molecule has 2 N–H and O–H groups in total. The van der Waals surface area contributed by atoms with Gasteiger partial charge in [0.05, 0.1) is 30.2 Å². The van der Waals surface area contributed by atoms with Crippen LogP contribution in [0.4, 0.5) is 9.39 Å². The minimum atomic E-state index is -0.668. The maximum atomic E-state index is 13.7. The van der Waals surface area contributed by atoms with Crippen molar-refractivity contribution in [2.45, 2.75) is 57.3 Å². The summed E-state index contributed by atoms with van der Waals surface area (Å²) in [5.41, 5.74) is 10.3. The second kappa shape index (κ2) is 9.31. The van der Waals surface area contributed by atoms with E-state index in [1.807, 2.05) is 0 Å². The van der Waals surface area contributed by atoms with Crippen LogP contribution in [0.3, 0.4) is 0 Å².